The van der Waals surface area contributed by atoms with Gasteiger partial charge in [-0.2, -0.15) is 18.3 Å². The summed E-state index contributed by atoms with van der Waals surface area (Å²) >= 11 is 0. The van der Waals surface area contributed by atoms with Crippen molar-refractivity contribution in [1.29, 1.82) is 0 Å². The zero-order valence-electron chi connectivity index (χ0n) is 16.9. The number of nitrogens with one attached hydrogen (secondary N) is 3. The van der Waals surface area contributed by atoms with Crippen molar-refractivity contribution >= 4 is 23.5 Å². The van der Waals surface area contributed by atoms with Crippen molar-refractivity contribution < 1.29 is 31.8 Å². The fourth-order valence-electron chi connectivity index (χ4n) is 3.16. The van der Waals surface area contributed by atoms with Crippen molar-refractivity contribution in [1.82, 2.24) is 29.9 Å². The summed E-state index contributed by atoms with van der Waals surface area (Å²) in [7, 11) is 0. The summed E-state index contributed by atoms with van der Waals surface area (Å²) in [4.78, 5) is 19.2. The van der Waals surface area contributed by atoms with Crippen LogP contribution in [0.1, 0.15) is 31.3 Å². The molecule has 3 aromatic rings. The number of amides is 1. The summed E-state index contributed by atoms with van der Waals surface area (Å²) in [5.41, 5.74) is -0.880. The molecular weight excluding hydrogens is 438 g/mol. The molecule has 10 nitrogen and oxygen atoms in total. The number of H-pyrrole nitrogens is 1. The molecule has 0 aromatic carbocycles. The number of imidazole rings is 1. The summed E-state index contributed by atoms with van der Waals surface area (Å²) in [6.45, 7) is 3.31. The molecule has 1 fully saturated rings. The molecule has 0 aliphatic carbocycles. The second-order valence-electron chi connectivity index (χ2n) is 7.39. The fourth-order valence-corrected chi connectivity index (χ4v) is 3.16. The molecule has 0 unspecified atom stereocenters. The number of nitrogens with zero attached hydrogens (tertiary/aromatic N) is 4. The molecule has 172 valence electrons. The van der Waals surface area contributed by atoms with Gasteiger partial charge in [-0.3, -0.25) is 9.50 Å². The highest BCUT2D eigenvalue weighted by Crippen LogP contribution is 2.34. The molecule has 3 aromatic heterocycles. The van der Waals surface area contributed by atoms with Crippen molar-refractivity contribution in [3.8, 4) is 0 Å². The number of aromatic nitrogens is 5. The lowest BCUT2D eigenvalue weighted by molar-refractivity contribution is -0.141. The summed E-state index contributed by atoms with van der Waals surface area (Å²) < 4.78 is 66.0. The van der Waals surface area contributed by atoms with E-state index in [1.807, 2.05) is 0 Å². The van der Waals surface area contributed by atoms with Crippen molar-refractivity contribution in [3.63, 3.8) is 0 Å². The number of fused-ring (bicyclic) bond motifs is 1. The van der Waals surface area contributed by atoms with E-state index < -0.39 is 36.3 Å². The minimum atomic E-state index is -4.67. The van der Waals surface area contributed by atoms with Gasteiger partial charge in [0, 0.05) is 30.6 Å². The number of alkyl halides is 4. The van der Waals surface area contributed by atoms with Crippen molar-refractivity contribution in [2.75, 3.05) is 11.9 Å². The molecule has 1 amide bonds. The van der Waals surface area contributed by atoms with Gasteiger partial charge in [0.05, 0.1) is 12.3 Å². The summed E-state index contributed by atoms with van der Waals surface area (Å²) in [5.74, 6) is -0.0966. The smallest absolute Gasteiger partial charge is 0.433 e. The molecule has 3 N–H and O–H groups in total. The zero-order chi connectivity index (χ0) is 23.0. The third-order valence-corrected chi connectivity index (χ3v) is 4.57. The maximum absolute atomic E-state index is 14.8. The normalized spacial score (nSPS) is 21.3. The summed E-state index contributed by atoms with van der Waals surface area (Å²) in [5, 5.41) is 11.7. The molecule has 0 saturated carbocycles. The first-order valence-electron chi connectivity index (χ1n) is 9.58. The molecule has 1 saturated heterocycles. The van der Waals surface area contributed by atoms with Crippen LogP contribution in [0.5, 0.6) is 0 Å². The van der Waals surface area contributed by atoms with Crippen LogP contribution in [0.25, 0.3) is 5.65 Å². The Labute approximate surface area is 178 Å². The Bertz CT molecular complexity index is 1110. The van der Waals surface area contributed by atoms with Crippen LogP contribution < -0.4 is 10.6 Å². The second-order valence-corrected chi connectivity index (χ2v) is 7.39. The van der Waals surface area contributed by atoms with Crippen LogP contribution in [-0.2, 0) is 15.7 Å². The number of hydrogen-bond donors (Lipinski definition) is 3. The molecule has 0 spiro atoms. The number of carbonyl (C=O) groups excluding carboxylic acids is 1. The van der Waals surface area contributed by atoms with Gasteiger partial charge in [-0.1, -0.05) is 0 Å². The summed E-state index contributed by atoms with van der Waals surface area (Å²) in [6, 6.07) is 2.02. The van der Waals surface area contributed by atoms with Crippen LogP contribution in [-0.4, -0.2) is 55.6 Å². The van der Waals surface area contributed by atoms with Gasteiger partial charge >= 0.3 is 12.3 Å². The predicted molar refractivity (Wildman–Crippen MR) is 102 cm³/mol. The number of carbonyl (C=O) groups is 1. The Balaban J connectivity index is 1.49. The zero-order valence-corrected chi connectivity index (χ0v) is 16.9. The Morgan fingerprint density at radius 1 is 1.38 bits per heavy atom. The van der Waals surface area contributed by atoms with Crippen molar-refractivity contribution in [2.45, 2.75) is 44.4 Å². The third-order valence-electron chi connectivity index (χ3n) is 4.57. The number of anilines is 2. The molecule has 32 heavy (non-hydrogen) atoms. The van der Waals surface area contributed by atoms with Gasteiger partial charge in [-0.05, 0) is 13.8 Å². The Morgan fingerprint density at radius 2 is 2.16 bits per heavy atom. The lowest BCUT2D eigenvalue weighted by Crippen LogP contribution is -2.36. The minimum Gasteiger partial charge on any atom is -0.441 e. The van der Waals surface area contributed by atoms with Gasteiger partial charge < -0.3 is 20.1 Å². The lowest BCUT2D eigenvalue weighted by atomic mass is 10.1. The maximum Gasteiger partial charge on any atom is 0.433 e. The van der Waals surface area contributed by atoms with E-state index in [1.54, 1.807) is 13.8 Å². The molecule has 4 rings (SSSR count). The first-order valence-corrected chi connectivity index (χ1v) is 9.58. The van der Waals surface area contributed by atoms with E-state index in [0.29, 0.717) is 0 Å². The minimum absolute atomic E-state index is 0.0354. The molecular formula is C18H19F4N7O3. The predicted octanol–water partition coefficient (Wildman–Crippen LogP) is 3.13. The number of halogens is 4. The molecule has 3 atom stereocenters. The monoisotopic (exact) mass is 457 g/mol. The standard InChI is InChI=1S/C18H19F4N7O3/c1-8(2)24-17(30)32-10-7-31-15(14(10)19)9-5-12(28-27-9)26-16-25-11(18(20,21)22)6-13-23-3-4-29(13)16/h3-6,8,10,14-15H,7H2,1-2H3,(H,24,30)(H2,25,26,27,28)/t10-,14+,15-/m1/s1. The van der Waals surface area contributed by atoms with Crippen molar-refractivity contribution in [2.24, 2.45) is 0 Å². The van der Waals surface area contributed by atoms with E-state index in [2.05, 4.69) is 30.8 Å². The van der Waals surface area contributed by atoms with Gasteiger partial charge in [-0.25, -0.2) is 19.2 Å². The van der Waals surface area contributed by atoms with Gasteiger partial charge in [0.15, 0.2) is 23.8 Å². The molecule has 1 aliphatic heterocycles. The highest BCUT2D eigenvalue weighted by Gasteiger charge is 2.42. The highest BCUT2D eigenvalue weighted by molar-refractivity contribution is 5.67. The van der Waals surface area contributed by atoms with E-state index in [0.717, 1.165) is 6.07 Å². The van der Waals surface area contributed by atoms with Crippen LogP contribution in [0.2, 0.25) is 0 Å². The Kier molecular flexibility index (Phi) is 5.62. The molecule has 14 heteroatoms. The average molecular weight is 457 g/mol. The summed E-state index contributed by atoms with van der Waals surface area (Å²) in [6.07, 6.45) is -6.56. The van der Waals surface area contributed by atoms with E-state index in [9.17, 15) is 22.4 Å². The molecule has 0 radical (unpaired) electrons. The molecule has 1 aliphatic rings. The second kappa shape index (κ2) is 8.26. The molecule has 0 bridgehead atoms. The number of aromatic amines is 1. The molecule has 4 heterocycles. The first kappa shape index (κ1) is 21.8. The van der Waals surface area contributed by atoms with E-state index in [4.69, 9.17) is 9.47 Å². The van der Waals surface area contributed by atoms with E-state index in [-0.39, 0.29) is 35.8 Å². The van der Waals surface area contributed by atoms with Crippen LogP contribution >= 0.6 is 0 Å². The van der Waals surface area contributed by atoms with Crippen molar-refractivity contribution in [3.05, 3.63) is 35.9 Å². The maximum atomic E-state index is 14.8. The number of hydrogen-bond acceptors (Lipinski definition) is 7. The van der Waals surface area contributed by atoms with Crippen LogP contribution in [0.3, 0.4) is 0 Å². The Morgan fingerprint density at radius 3 is 2.88 bits per heavy atom. The Hall–Kier alpha value is -3.42. The quantitative estimate of drug-likeness (QED) is 0.504. The highest BCUT2D eigenvalue weighted by atomic mass is 19.4. The number of ether oxygens (including phenoxy) is 2. The van der Waals surface area contributed by atoms with Crippen LogP contribution in [0.4, 0.5) is 34.1 Å². The van der Waals surface area contributed by atoms with E-state index in [1.165, 1.54) is 22.9 Å². The first-order chi connectivity index (χ1) is 15.1. The lowest BCUT2D eigenvalue weighted by Gasteiger charge is -2.16. The number of rotatable bonds is 5. The average Bonchev–Trinajstić information content (AvgIpc) is 3.41. The van der Waals surface area contributed by atoms with Crippen LogP contribution in [0, 0.1) is 0 Å². The van der Waals surface area contributed by atoms with Crippen LogP contribution in [0.15, 0.2) is 24.5 Å². The SMILES string of the molecule is CC(C)NC(=O)O[C@@H]1CO[C@H](c2cc(Nc3nc(C(F)(F)F)cc4nccn34)n[nH]2)[C@H]1F. The number of alkyl carbamates (subject to hydrolysis) is 1. The third kappa shape index (κ3) is 4.44. The van der Waals surface area contributed by atoms with Gasteiger partial charge in [-0.15, -0.1) is 0 Å². The van der Waals surface area contributed by atoms with Gasteiger partial charge in [0.25, 0.3) is 0 Å². The van der Waals surface area contributed by atoms with E-state index >= 15 is 0 Å². The van der Waals surface area contributed by atoms with Gasteiger partial charge in [0.2, 0.25) is 5.95 Å². The van der Waals surface area contributed by atoms with Gasteiger partial charge in [0.1, 0.15) is 11.8 Å². The largest absolute Gasteiger partial charge is 0.441 e. The topological polar surface area (TPSA) is 118 Å². The fraction of sp³-hybridized carbons (Fsp3) is 0.444.